The van der Waals surface area contributed by atoms with E-state index in [0.717, 1.165) is 22.0 Å². The second kappa shape index (κ2) is 6.55. The molecule has 4 heteroatoms. The van der Waals surface area contributed by atoms with E-state index in [-0.39, 0.29) is 17.3 Å². The molecule has 0 aliphatic heterocycles. The molecule has 0 bridgehead atoms. The number of aromatic amines is 1. The van der Waals surface area contributed by atoms with Gasteiger partial charge in [0.05, 0.1) is 11.3 Å². The number of aryl methyl sites for hydroxylation is 1. The van der Waals surface area contributed by atoms with Crippen molar-refractivity contribution >= 4 is 22.7 Å². The molecule has 1 heterocycles. The molecule has 4 nitrogen and oxygen atoms in total. The van der Waals surface area contributed by atoms with Crippen LogP contribution in [-0.2, 0) is 0 Å². The maximum atomic E-state index is 12.8. The summed E-state index contributed by atoms with van der Waals surface area (Å²) in [6.07, 6.45) is 0.442. The van der Waals surface area contributed by atoms with Crippen molar-refractivity contribution in [3.05, 3.63) is 59.3 Å². The summed E-state index contributed by atoms with van der Waals surface area (Å²) in [5.74, 6) is -0.673. The van der Waals surface area contributed by atoms with Gasteiger partial charge < -0.3 is 10.1 Å². The monoisotopic (exact) mass is 335 g/mol. The number of rotatable bonds is 5. The van der Waals surface area contributed by atoms with Crippen LogP contribution in [0.2, 0.25) is 0 Å². The lowest BCUT2D eigenvalue weighted by atomic mass is 9.95. The summed E-state index contributed by atoms with van der Waals surface area (Å²) in [6.45, 7) is 5.78. The summed E-state index contributed by atoms with van der Waals surface area (Å²) >= 11 is 0. The Bertz CT molecular complexity index is 952. The summed E-state index contributed by atoms with van der Waals surface area (Å²) in [4.78, 5) is 27.5. The SMILES string of the molecule is Cc1cc2[nH]c(C(=O)CC(C)C)c(-c3ccccc3)c2cc1C(=O)O. The zero-order chi connectivity index (χ0) is 18.1. The van der Waals surface area contributed by atoms with Crippen molar-refractivity contribution in [2.24, 2.45) is 5.92 Å². The first-order valence-electron chi connectivity index (χ1n) is 8.36. The highest BCUT2D eigenvalue weighted by molar-refractivity contribution is 6.12. The van der Waals surface area contributed by atoms with E-state index in [0.29, 0.717) is 17.7 Å². The molecular formula is C21H21NO3. The van der Waals surface area contributed by atoms with E-state index in [1.807, 2.05) is 44.2 Å². The number of carbonyl (C=O) groups is 2. The van der Waals surface area contributed by atoms with Crippen LogP contribution in [0.4, 0.5) is 0 Å². The second-order valence-electron chi connectivity index (χ2n) is 6.78. The Morgan fingerprint density at radius 2 is 1.80 bits per heavy atom. The van der Waals surface area contributed by atoms with Gasteiger partial charge in [-0.25, -0.2) is 4.79 Å². The molecule has 0 amide bonds. The van der Waals surface area contributed by atoms with Crippen molar-refractivity contribution in [1.82, 2.24) is 4.98 Å². The molecule has 0 atom stereocenters. The lowest BCUT2D eigenvalue weighted by molar-refractivity contribution is 0.0696. The van der Waals surface area contributed by atoms with Gasteiger partial charge >= 0.3 is 5.97 Å². The molecule has 0 aliphatic rings. The van der Waals surface area contributed by atoms with Crippen molar-refractivity contribution in [3.63, 3.8) is 0 Å². The van der Waals surface area contributed by atoms with Crippen LogP contribution in [0.5, 0.6) is 0 Å². The van der Waals surface area contributed by atoms with E-state index in [1.165, 1.54) is 0 Å². The zero-order valence-corrected chi connectivity index (χ0v) is 14.6. The van der Waals surface area contributed by atoms with Gasteiger partial charge in [-0.05, 0) is 36.1 Å². The minimum Gasteiger partial charge on any atom is -0.478 e. The van der Waals surface area contributed by atoms with E-state index in [4.69, 9.17) is 0 Å². The summed E-state index contributed by atoms with van der Waals surface area (Å²) in [5, 5.41) is 10.2. The van der Waals surface area contributed by atoms with Gasteiger partial charge in [-0.15, -0.1) is 0 Å². The lowest BCUT2D eigenvalue weighted by Gasteiger charge is -2.07. The van der Waals surface area contributed by atoms with Gasteiger partial charge in [0.1, 0.15) is 0 Å². The molecule has 3 rings (SSSR count). The molecule has 25 heavy (non-hydrogen) atoms. The summed E-state index contributed by atoms with van der Waals surface area (Å²) in [7, 11) is 0. The number of nitrogens with one attached hydrogen (secondary N) is 1. The second-order valence-corrected chi connectivity index (χ2v) is 6.78. The number of carboxylic acids is 1. The number of aromatic nitrogens is 1. The number of hydrogen-bond donors (Lipinski definition) is 2. The average molecular weight is 335 g/mol. The zero-order valence-electron chi connectivity index (χ0n) is 14.6. The first-order chi connectivity index (χ1) is 11.9. The van der Waals surface area contributed by atoms with Gasteiger partial charge in [0, 0.05) is 22.9 Å². The maximum absolute atomic E-state index is 12.8. The largest absolute Gasteiger partial charge is 0.478 e. The number of hydrogen-bond acceptors (Lipinski definition) is 2. The van der Waals surface area contributed by atoms with E-state index in [9.17, 15) is 14.7 Å². The van der Waals surface area contributed by atoms with Crippen LogP contribution < -0.4 is 0 Å². The van der Waals surface area contributed by atoms with Crippen LogP contribution in [0.25, 0.3) is 22.0 Å². The molecule has 0 fully saturated rings. The molecule has 3 aromatic rings. The summed E-state index contributed by atoms with van der Waals surface area (Å²) in [6, 6.07) is 13.1. The fourth-order valence-corrected chi connectivity index (χ4v) is 3.17. The predicted octanol–water partition coefficient (Wildman–Crippen LogP) is 5.07. The average Bonchev–Trinajstić information content (AvgIpc) is 2.92. The van der Waals surface area contributed by atoms with E-state index in [2.05, 4.69) is 4.98 Å². The number of benzene rings is 2. The number of aromatic carboxylic acids is 1. The smallest absolute Gasteiger partial charge is 0.335 e. The van der Waals surface area contributed by atoms with E-state index < -0.39 is 5.97 Å². The summed E-state index contributed by atoms with van der Waals surface area (Å²) in [5.41, 5.74) is 3.95. The molecule has 1 aromatic heterocycles. The van der Waals surface area contributed by atoms with Crippen molar-refractivity contribution in [1.29, 1.82) is 0 Å². The molecule has 0 aliphatic carbocycles. The van der Waals surface area contributed by atoms with Gasteiger partial charge in [0.25, 0.3) is 0 Å². The number of fused-ring (bicyclic) bond motifs is 1. The Kier molecular flexibility index (Phi) is 4.45. The fraction of sp³-hybridized carbons (Fsp3) is 0.238. The maximum Gasteiger partial charge on any atom is 0.335 e. The Balaban J connectivity index is 2.31. The highest BCUT2D eigenvalue weighted by Crippen LogP contribution is 2.35. The third-order valence-corrected chi connectivity index (χ3v) is 4.31. The van der Waals surface area contributed by atoms with Crippen molar-refractivity contribution < 1.29 is 14.7 Å². The van der Waals surface area contributed by atoms with Crippen molar-refractivity contribution in [2.45, 2.75) is 27.2 Å². The topological polar surface area (TPSA) is 70.2 Å². The molecule has 0 saturated heterocycles. The number of H-pyrrole nitrogens is 1. The first-order valence-corrected chi connectivity index (χ1v) is 8.36. The van der Waals surface area contributed by atoms with E-state index >= 15 is 0 Å². The minimum atomic E-state index is -0.963. The Morgan fingerprint density at radius 1 is 1.12 bits per heavy atom. The Morgan fingerprint density at radius 3 is 2.40 bits per heavy atom. The molecule has 2 aromatic carbocycles. The molecule has 0 radical (unpaired) electrons. The third-order valence-electron chi connectivity index (χ3n) is 4.31. The molecule has 128 valence electrons. The summed E-state index contributed by atoms with van der Waals surface area (Å²) < 4.78 is 0. The van der Waals surface area contributed by atoms with Crippen LogP contribution in [-0.4, -0.2) is 21.8 Å². The third kappa shape index (κ3) is 3.20. The molecule has 0 unspecified atom stereocenters. The van der Waals surface area contributed by atoms with Gasteiger partial charge in [-0.1, -0.05) is 44.2 Å². The standard InChI is InChI=1S/C21H21NO3/c1-12(2)9-18(23)20-19(14-7-5-4-6-8-14)16-11-15(21(24)25)13(3)10-17(16)22-20/h4-8,10-12,22H,9H2,1-3H3,(H,24,25). The molecule has 2 N–H and O–H groups in total. The Hall–Kier alpha value is -2.88. The van der Waals surface area contributed by atoms with Gasteiger partial charge in [-0.2, -0.15) is 0 Å². The van der Waals surface area contributed by atoms with Gasteiger partial charge in [-0.3, -0.25) is 4.79 Å². The normalized spacial score (nSPS) is 11.2. The van der Waals surface area contributed by atoms with Crippen molar-refractivity contribution in [3.8, 4) is 11.1 Å². The van der Waals surface area contributed by atoms with Crippen LogP contribution in [0.1, 0.15) is 46.7 Å². The van der Waals surface area contributed by atoms with Crippen LogP contribution in [0.3, 0.4) is 0 Å². The highest BCUT2D eigenvalue weighted by Gasteiger charge is 2.21. The number of Topliss-reactive ketones (excluding diaryl/α,β-unsaturated/α-hetero) is 1. The number of carbonyl (C=O) groups excluding carboxylic acids is 1. The lowest BCUT2D eigenvalue weighted by Crippen LogP contribution is -2.05. The first kappa shape index (κ1) is 17.0. The van der Waals surface area contributed by atoms with Gasteiger partial charge in [0.2, 0.25) is 0 Å². The molecule has 0 spiro atoms. The number of carboxylic acid groups (broad SMARTS) is 1. The van der Waals surface area contributed by atoms with Crippen LogP contribution >= 0.6 is 0 Å². The van der Waals surface area contributed by atoms with Crippen LogP contribution in [0, 0.1) is 12.8 Å². The number of ketones is 1. The molecular weight excluding hydrogens is 314 g/mol. The highest BCUT2D eigenvalue weighted by atomic mass is 16.4. The minimum absolute atomic E-state index is 0.0413. The predicted molar refractivity (Wildman–Crippen MR) is 99.2 cm³/mol. The van der Waals surface area contributed by atoms with Crippen LogP contribution in [0.15, 0.2) is 42.5 Å². The van der Waals surface area contributed by atoms with Crippen molar-refractivity contribution in [2.75, 3.05) is 0 Å². The quantitative estimate of drug-likeness (QED) is 0.639. The molecule has 0 saturated carbocycles. The van der Waals surface area contributed by atoms with Gasteiger partial charge in [0.15, 0.2) is 5.78 Å². The fourth-order valence-electron chi connectivity index (χ4n) is 3.17. The van der Waals surface area contributed by atoms with E-state index in [1.54, 1.807) is 19.1 Å². The Labute approximate surface area is 146 Å².